The summed E-state index contributed by atoms with van der Waals surface area (Å²) in [5.74, 6) is -2.29. The van der Waals surface area contributed by atoms with E-state index in [1.54, 1.807) is 18.2 Å². The van der Waals surface area contributed by atoms with E-state index in [0.29, 0.717) is 51.4 Å². The zero-order valence-electron chi connectivity index (χ0n) is 31.2. The maximum atomic E-state index is 12.1. The third-order valence-electron chi connectivity index (χ3n) is 9.63. The Balaban J connectivity index is 0.000000955. The lowest BCUT2D eigenvalue weighted by molar-refractivity contribution is -0.138. The molecule has 5 unspecified atom stereocenters. The quantitative estimate of drug-likeness (QED) is 0.0283. The molecule has 2 aliphatic rings. The van der Waals surface area contributed by atoms with E-state index in [2.05, 4.69) is 51.1 Å². The van der Waals surface area contributed by atoms with Crippen LogP contribution in [-0.2, 0) is 14.4 Å². The monoisotopic (exact) mass is 960 g/mol. The van der Waals surface area contributed by atoms with Crippen molar-refractivity contribution >= 4 is 55.0 Å². The van der Waals surface area contributed by atoms with Gasteiger partial charge < -0.3 is 35.7 Å². The molecule has 12 heteroatoms. The summed E-state index contributed by atoms with van der Waals surface area (Å²) in [6, 6.07) is 0. The minimum absolute atomic E-state index is 0.0220. The first-order valence-electron chi connectivity index (χ1n) is 19.1. The van der Waals surface area contributed by atoms with Gasteiger partial charge in [-0.2, -0.15) is 0 Å². The van der Waals surface area contributed by atoms with E-state index in [1.165, 1.54) is 0 Å². The van der Waals surface area contributed by atoms with E-state index in [9.17, 15) is 39.9 Å². The number of aliphatic hydroxyl groups is 5. The molecule has 9 atom stereocenters. The lowest BCUT2D eigenvalue weighted by atomic mass is 9.89. The standard InChI is InChI=1S/C20H34O5.C20H32O5.I2/c2*1-2-3-6-9-15(21)12-13-17-16(18(22)14-19(17)23)10-7-4-5-8-11-20(24)25;1-2/h4,7,12-13,15-19,21-23H,2-3,5-6,8-11,14H2,1H3,(H,24,25);4,7,12-13,15-18,21-22H,2-3,5-6,8-11,14H2,1H3,(H,24,25);/b2*7-4-,13-12+;/t15?,16-,17-,18?,19?;15?,16-,17-,18?;/m11./s1. The summed E-state index contributed by atoms with van der Waals surface area (Å²) >= 11 is 4.24. The van der Waals surface area contributed by atoms with Crippen molar-refractivity contribution in [3.8, 4) is 0 Å². The van der Waals surface area contributed by atoms with Gasteiger partial charge in [0.2, 0.25) is 0 Å². The molecule has 0 amide bonds. The molecule has 0 bridgehead atoms. The minimum Gasteiger partial charge on any atom is -0.481 e. The molecule has 0 aromatic rings. The van der Waals surface area contributed by atoms with E-state index < -0.39 is 42.5 Å². The number of halogens is 2. The van der Waals surface area contributed by atoms with Crippen LogP contribution in [0.3, 0.4) is 0 Å². The maximum absolute atomic E-state index is 12.1. The fraction of sp³-hybridized carbons (Fsp3) is 0.725. The molecular weight excluding hydrogens is 894 g/mol. The average molecular weight is 961 g/mol. The number of carboxylic acids is 2. The van der Waals surface area contributed by atoms with Gasteiger partial charge >= 0.3 is 11.9 Å². The van der Waals surface area contributed by atoms with Gasteiger partial charge in [0.1, 0.15) is 5.78 Å². The van der Waals surface area contributed by atoms with Crippen LogP contribution in [-0.4, -0.2) is 84.0 Å². The zero-order valence-corrected chi connectivity index (χ0v) is 35.5. The molecule has 0 saturated heterocycles. The topological polar surface area (TPSA) is 193 Å². The van der Waals surface area contributed by atoms with Crippen molar-refractivity contribution in [3.05, 3.63) is 48.6 Å². The third kappa shape index (κ3) is 23.6. The second-order valence-corrected chi connectivity index (χ2v) is 13.9. The summed E-state index contributed by atoms with van der Waals surface area (Å²) in [5.41, 5.74) is 0. The Bertz CT molecular complexity index is 1080. The zero-order chi connectivity index (χ0) is 39.3. The number of carbonyl (C=O) groups excluding carboxylic acids is 1. The SMILES string of the molecule is CCCCCC(O)/C=C/[C@H]1C(=O)CC(O)[C@@H]1C/C=C\CCCC(=O)O.CCCCCC(O)/C=C/[C@H]1C(O)CC(O)[C@@H]1C/C=C\CCCC(=O)O.II. The number of ketones is 1. The number of allylic oxidation sites excluding steroid dienone is 5. The van der Waals surface area contributed by atoms with E-state index >= 15 is 0 Å². The predicted molar refractivity (Wildman–Crippen MR) is 223 cm³/mol. The number of carboxylic acid groups (broad SMARTS) is 2. The molecule has 0 radical (unpaired) electrons. The van der Waals surface area contributed by atoms with Crippen LogP contribution in [0, 0.1) is 23.7 Å². The highest BCUT2D eigenvalue weighted by atomic mass is 128. The normalized spacial score (nSPS) is 25.8. The number of carbonyl (C=O) groups is 3. The molecule has 2 aliphatic carbocycles. The highest BCUT2D eigenvalue weighted by Gasteiger charge is 2.40. The molecule has 0 aromatic heterocycles. The van der Waals surface area contributed by atoms with Gasteiger partial charge in [-0.25, -0.2) is 0 Å². The molecular formula is C40H66I2O10. The van der Waals surface area contributed by atoms with Crippen LogP contribution in [0.2, 0.25) is 0 Å². The van der Waals surface area contributed by atoms with Crippen molar-refractivity contribution in [1.82, 2.24) is 0 Å². The number of rotatable bonds is 24. The van der Waals surface area contributed by atoms with E-state index in [1.807, 2.05) is 30.4 Å². The number of hydrogen-bond donors (Lipinski definition) is 7. The van der Waals surface area contributed by atoms with Gasteiger partial charge in [0.05, 0.1) is 30.5 Å². The molecule has 0 aromatic carbocycles. The lowest BCUT2D eigenvalue weighted by Crippen LogP contribution is -2.20. The van der Waals surface area contributed by atoms with Crippen molar-refractivity contribution < 1.29 is 50.1 Å². The van der Waals surface area contributed by atoms with E-state index in [0.717, 1.165) is 44.9 Å². The Morgan fingerprint density at radius 2 is 1.17 bits per heavy atom. The van der Waals surface area contributed by atoms with Gasteiger partial charge in [0.25, 0.3) is 0 Å². The molecule has 0 heterocycles. The first-order valence-corrected chi connectivity index (χ1v) is 25.4. The van der Waals surface area contributed by atoms with Gasteiger partial charge in [-0.05, 0) is 57.3 Å². The highest BCUT2D eigenvalue weighted by Crippen LogP contribution is 2.36. The highest BCUT2D eigenvalue weighted by molar-refractivity contribution is 15.0. The third-order valence-corrected chi connectivity index (χ3v) is 9.63. The Hall–Kier alpha value is -1.17. The molecule has 7 N–H and O–H groups in total. The van der Waals surface area contributed by atoms with Gasteiger partial charge in [0.15, 0.2) is 0 Å². The van der Waals surface area contributed by atoms with Crippen molar-refractivity contribution in [2.75, 3.05) is 0 Å². The molecule has 52 heavy (non-hydrogen) atoms. The fourth-order valence-corrected chi connectivity index (χ4v) is 6.62. The molecule has 0 spiro atoms. The molecule has 2 fully saturated rings. The second kappa shape index (κ2) is 32.1. The summed E-state index contributed by atoms with van der Waals surface area (Å²) < 4.78 is 0. The van der Waals surface area contributed by atoms with Crippen molar-refractivity contribution in [2.45, 2.75) is 160 Å². The minimum atomic E-state index is -0.798. The van der Waals surface area contributed by atoms with Crippen LogP contribution in [0.5, 0.6) is 0 Å². The van der Waals surface area contributed by atoms with Gasteiger partial charge in [-0.15, -0.1) is 0 Å². The van der Waals surface area contributed by atoms with Crippen molar-refractivity contribution in [3.63, 3.8) is 0 Å². The summed E-state index contributed by atoms with van der Waals surface area (Å²) in [6.07, 6.45) is 24.4. The number of aliphatic hydroxyl groups excluding tert-OH is 5. The molecule has 2 rings (SSSR count). The maximum Gasteiger partial charge on any atom is 0.303 e. The number of hydrogen-bond acceptors (Lipinski definition) is 8. The number of aliphatic carboxylic acids is 2. The summed E-state index contributed by atoms with van der Waals surface area (Å²) in [6.45, 7) is 4.23. The van der Waals surface area contributed by atoms with Crippen LogP contribution in [0.1, 0.15) is 129 Å². The largest absolute Gasteiger partial charge is 0.481 e. The summed E-state index contributed by atoms with van der Waals surface area (Å²) in [7, 11) is 0. The van der Waals surface area contributed by atoms with Gasteiger partial charge in [0, 0.05) is 80.7 Å². The van der Waals surface area contributed by atoms with Crippen LogP contribution < -0.4 is 0 Å². The fourth-order valence-electron chi connectivity index (χ4n) is 6.62. The van der Waals surface area contributed by atoms with Crippen molar-refractivity contribution in [2.24, 2.45) is 23.7 Å². The predicted octanol–water partition coefficient (Wildman–Crippen LogP) is 8.07. The van der Waals surface area contributed by atoms with Crippen LogP contribution >= 0.6 is 37.2 Å². The Morgan fingerprint density at radius 1 is 0.692 bits per heavy atom. The summed E-state index contributed by atoms with van der Waals surface area (Å²) in [4.78, 5) is 33.0. The first kappa shape index (κ1) is 50.8. The Kier molecular flexibility index (Phi) is 31.4. The second-order valence-electron chi connectivity index (χ2n) is 13.9. The molecule has 10 nitrogen and oxygen atoms in total. The number of unbranched alkanes of at least 4 members (excludes halogenated alkanes) is 6. The first-order chi connectivity index (χ1) is 24.9. The van der Waals surface area contributed by atoms with Crippen LogP contribution in [0.25, 0.3) is 0 Å². The van der Waals surface area contributed by atoms with E-state index in [-0.39, 0.29) is 48.7 Å². The molecule has 2 saturated carbocycles. The van der Waals surface area contributed by atoms with Gasteiger partial charge in [-0.1, -0.05) is 101 Å². The Morgan fingerprint density at radius 3 is 1.65 bits per heavy atom. The average Bonchev–Trinajstić information content (AvgIpc) is 3.53. The number of Topliss-reactive ketones (excluding diaryl/α,β-unsaturated/α-hetero) is 1. The van der Waals surface area contributed by atoms with Crippen LogP contribution in [0.4, 0.5) is 0 Å². The summed E-state index contributed by atoms with van der Waals surface area (Å²) in [5, 5.41) is 67.6. The lowest BCUT2D eigenvalue weighted by Gasteiger charge is -2.19. The van der Waals surface area contributed by atoms with Crippen LogP contribution in [0.15, 0.2) is 48.6 Å². The Labute approximate surface area is 335 Å². The molecule has 300 valence electrons. The van der Waals surface area contributed by atoms with Gasteiger partial charge in [-0.3, -0.25) is 14.4 Å². The smallest absolute Gasteiger partial charge is 0.303 e. The van der Waals surface area contributed by atoms with Crippen molar-refractivity contribution in [1.29, 1.82) is 0 Å². The van der Waals surface area contributed by atoms with E-state index in [4.69, 9.17) is 10.2 Å². The molecule has 0 aliphatic heterocycles.